The zero-order valence-electron chi connectivity index (χ0n) is 22.5. The second-order valence-electron chi connectivity index (χ2n) is 11.7. The van der Waals surface area contributed by atoms with Crippen molar-refractivity contribution in [3.8, 4) is 27.9 Å². The highest BCUT2D eigenvalue weighted by Crippen LogP contribution is 2.50. The van der Waals surface area contributed by atoms with Gasteiger partial charge in [-0.05, 0) is 90.7 Å². The quantitative estimate of drug-likeness (QED) is 0.203. The van der Waals surface area contributed by atoms with Gasteiger partial charge in [-0.2, -0.15) is 0 Å². The molecule has 0 bridgehead atoms. The molecule has 1 heteroatoms. The maximum atomic E-state index is 2.57. The molecule has 0 saturated heterocycles. The van der Waals surface area contributed by atoms with Crippen LogP contribution in [-0.4, -0.2) is 4.57 Å². The van der Waals surface area contributed by atoms with Crippen molar-refractivity contribution in [1.82, 2.24) is 4.57 Å². The van der Waals surface area contributed by atoms with Gasteiger partial charge in [0.2, 0.25) is 0 Å². The molecule has 0 unspecified atom stereocenters. The number of nitrogens with zero attached hydrogens (tertiary/aromatic N) is 1. The third-order valence-electron chi connectivity index (χ3n) is 9.58. The van der Waals surface area contributed by atoms with Gasteiger partial charge in [0.25, 0.3) is 0 Å². The molecular formula is C40H25N. The lowest BCUT2D eigenvalue weighted by atomic mass is 9.83. The maximum absolute atomic E-state index is 2.57. The monoisotopic (exact) mass is 519 g/mol. The largest absolute Gasteiger partial charge is 0.309 e. The minimum atomic E-state index is 0.955. The van der Waals surface area contributed by atoms with E-state index in [2.05, 4.69) is 132 Å². The van der Waals surface area contributed by atoms with E-state index in [0.717, 1.165) is 12.8 Å². The van der Waals surface area contributed by atoms with Crippen LogP contribution in [0.15, 0.2) is 127 Å². The third kappa shape index (κ3) is 2.76. The number of aromatic nitrogens is 1. The zero-order chi connectivity index (χ0) is 26.7. The van der Waals surface area contributed by atoms with Gasteiger partial charge in [0.05, 0.1) is 11.0 Å². The van der Waals surface area contributed by atoms with Crippen LogP contribution in [0.4, 0.5) is 0 Å². The third-order valence-corrected chi connectivity index (χ3v) is 9.58. The van der Waals surface area contributed by atoms with E-state index < -0.39 is 0 Å². The number of hydrogen-bond acceptors (Lipinski definition) is 0. The van der Waals surface area contributed by atoms with Crippen LogP contribution in [-0.2, 0) is 12.8 Å². The molecule has 0 amide bonds. The topological polar surface area (TPSA) is 4.93 Å². The van der Waals surface area contributed by atoms with Gasteiger partial charge in [0.1, 0.15) is 0 Å². The van der Waals surface area contributed by atoms with Gasteiger partial charge >= 0.3 is 0 Å². The maximum Gasteiger partial charge on any atom is 0.0589 e. The molecule has 0 N–H and O–H groups in total. The Bertz CT molecular complexity index is 2420. The molecule has 1 aromatic heterocycles. The van der Waals surface area contributed by atoms with E-state index in [4.69, 9.17) is 0 Å². The lowest BCUT2D eigenvalue weighted by Gasteiger charge is -2.23. The first kappa shape index (κ1) is 21.7. The molecule has 8 aromatic rings. The number of benzene rings is 7. The van der Waals surface area contributed by atoms with E-state index >= 15 is 0 Å². The summed E-state index contributed by atoms with van der Waals surface area (Å²) in [6, 6.07) is 47.7. The summed E-state index contributed by atoms with van der Waals surface area (Å²) in [6.45, 7) is 0. The fraction of sp³-hybridized carbons (Fsp3) is 0.0500. The average Bonchev–Trinajstić information content (AvgIpc) is 3.58. The summed E-state index contributed by atoms with van der Waals surface area (Å²) in [5.74, 6) is 0. The standard InChI is InChI=1S/C40H25N/c1-3-14-29-24(10-1)20-26-12-9-13-27-21-28(23-34(29)37(26)27)41-36-19-8-7-18-33(36)39-32-17-6-5-16-31(32)38-30-15-4-2-11-25(30)22-35(38)40(39)41/h1-19,21,23H,20,22H2. The number of para-hydroxylation sites is 1. The molecule has 2 aliphatic carbocycles. The average molecular weight is 520 g/mol. The highest BCUT2D eigenvalue weighted by molar-refractivity contribution is 6.26. The summed E-state index contributed by atoms with van der Waals surface area (Å²) in [4.78, 5) is 0. The van der Waals surface area contributed by atoms with Crippen LogP contribution in [0.5, 0.6) is 0 Å². The van der Waals surface area contributed by atoms with Gasteiger partial charge in [-0.3, -0.25) is 0 Å². The van der Waals surface area contributed by atoms with E-state index in [-0.39, 0.29) is 0 Å². The lowest BCUT2D eigenvalue weighted by molar-refractivity contribution is 1.15. The van der Waals surface area contributed by atoms with Crippen LogP contribution in [0.2, 0.25) is 0 Å². The Labute approximate surface area is 237 Å². The smallest absolute Gasteiger partial charge is 0.0589 e. The van der Waals surface area contributed by atoms with Gasteiger partial charge in [-0.1, -0.05) is 109 Å². The van der Waals surface area contributed by atoms with Crippen LogP contribution in [0.1, 0.15) is 22.3 Å². The summed E-state index contributed by atoms with van der Waals surface area (Å²) in [5.41, 5.74) is 15.0. The van der Waals surface area contributed by atoms with E-state index in [1.54, 1.807) is 0 Å². The van der Waals surface area contributed by atoms with Crippen LogP contribution < -0.4 is 0 Å². The van der Waals surface area contributed by atoms with E-state index in [1.165, 1.54) is 93.5 Å². The van der Waals surface area contributed by atoms with Crippen molar-refractivity contribution < 1.29 is 0 Å². The highest BCUT2D eigenvalue weighted by atomic mass is 15.0. The van der Waals surface area contributed by atoms with Crippen LogP contribution in [0.25, 0.3) is 71.3 Å². The summed E-state index contributed by atoms with van der Waals surface area (Å²) in [7, 11) is 0. The first-order valence-corrected chi connectivity index (χ1v) is 14.5. The van der Waals surface area contributed by atoms with Crippen LogP contribution in [0, 0.1) is 0 Å². The van der Waals surface area contributed by atoms with Crippen molar-refractivity contribution >= 4 is 43.4 Å². The van der Waals surface area contributed by atoms with Crippen molar-refractivity contribution in [2.24, 2.45) is 0 Å². The second-order valence-corrected chi connectivity index (χ2v) is 11.7. The van der Waals surface area contributed by atoms with Crippen molar-refractivity contribution in [2.75, 3.05) is 0 Å². The van der Waals surface area contributed by atoms with Crippen molar-refractivity contribution in [2.45, 2.75) is 12.8 Å². The molecule has 0 fully saturated rings. The molecule has 1 nitrogen and oxygen atoms in total. The zero-order valence-corrected chi connectivity index (χ0v) is 22.5. The molecular weight excluding hydrogens is 494 g/mol. The number of fused-ring (bicyclic) bond motifs is 12. The molecule has 7 aromatic carbocycles. The molecule has 0 spiro atoms. The fourth-order valence-corrected chi connectivity index (χ4v) is 7.98. The number of rotatable bonds is 1. The predicted octanol–water partition coefficient (Wildman–Crippen LogP) is 10.2. The Morgan fingerprint density at radius 2 is 1.15 bits per heavy atom. The van der Waals surface area contributed by atoms with Crippen molar-refractivity contribution in [3.63, 3.8) is 0 Å². The molecule has 10 rings (SSSR count). The Balaban J connectivity index is 1.41. The minimum Gasteiger partial charge on any atom is -0.309 e. The highest BCUT2D eigenvalue weighted by Gasteiger charge is 2.28. The normalized spacial score (nSPS) is 13.2. The summed E-state index contributed by atoms with van der Waals surface area (Å²) < 4.78 is 2.57. The lowest BCUT2D eigenvalue weighted by Crippen LogP contribution is -2.03. The van der Waals surface area contributed by atoms with E-state index in [1.807, 2.05) is 0 Å². The first-order valence-electron chi connectivity index (χ1n) is 14.5. The Hall–Kier alpha value is -5.14. The van der Waals surface area contributed by atoms with Gasteiger partial charge < -0.3 is 4.57 Å². The van der Waals surface area contributed by atoms with Crippen molar-refractivity contribution in [1.29, 1.82) is 0 Å². The summed E-state index contributed by atoms with van der Waals surface area (Å²) in [5, 5.41) is 8.10. The Morgan fingerprint density at radius 3 is 2.02 bits per heavy atom. The molecule has 0 radical (unpaired) electrons. The minimum absolute atomic E-state index is 0.955. The molecule has 2 aliphatic rings. The fourth-order valence-electron chi connectivity index (χ4n) is 7.98. The Kier molecular flexibility index (Phi) is 4.09. The summed E-state index contributed by atoms with van der Waals surface area (Å²) >= 11 is 0. The number of hydrogen-bond donors (Lipinski definition) is 0. The molecule has 0 aliphatic heterocycles. The Morgan fingerprint density at radius 1 is 0.463 bits per heavy atom. The van der Waals surface area contributed by atoms with Gasteiger partial charge in [-0.15, -0.1) is 0 Å². The van der Waals surface area contributed by atoms with Gasteiger partial charge in [0.15, 0.2) is 0 Å². The van der Waals surface area contributed by atoms with Crippen molar-refractivity contribution in [3.05, 3.63) is 150 Å². The first-order chi connectivity index (χ1) is 20.3. The van der Waals surface area contributed by atoms with E-state index in [9.17, 15) is 0 Å². The molecule has 0 saturated carbocycles. The van der Waals surface area contributed by atoms with Gasteiger partial charge in [-0.25, -0.2) is 0 Å². The van der Waals surface area contributed by atoms with Crippen LogP contribution >= 0.6 is 0 Å². The van der Waals surface area contributed by atoms with E-state index in [0.29, 0.717) is 0 Å². The predicted molar refractivity (Wildman–Crippen MR) is 172 cm³/mol. The SMILES string of the molecule is c1ccc2c(c1)Cc1c-2c2ccccc2c2c3ccccc3n(-c3cc4c5c(cccc5c3)Cc3ccccc3-4)c12. The molecule has 1 heterocycles. The molecule has 41 heavy (non-hydrogen) atoms. The molecule has 0 atom stereocenters. The van der Waals surface area contributed by atoms with Gasteiger partial charge in [0, 0.05) is 22.9 Å². The second kappa shape index (κ2) is 7.74. The molecule has 190 valence electrons. The summed E-state index contributed by atoms with van der Waals surface area (Å²) in [6.07, 6.45) is 1.95. The van der Waals surface area contributed by atoms with Crippen LogP contribution in [0.3, 0.4) is 0 Å².